The van der Waals surface area contributed by atoms with E-state index in [1.54, 1.807) is 10.8 Å². The molecule has 5 rings (SSSR count). The van der Waals surface area contributed by atoms with Crippen LogP contribution in [0.25, 0.3) is 27.0 Å². The molecule has 0 saturated carbocycles. The third-order valence-corrected chi connectivity index (χ3v) is 7.25. The Morgan fingerprint density at radius 2 is 1.71 bits per heavy atom. The van der Waals surface area contributed by atoms with Crippen molar-refractivity contribution in [1.82, 2.24) is 19.9 Å². The van der Waals surface area contributed by atoms with Crippen LogP contribution in [0.5, 0.6) is 0 Å². The molecule has 1 amide bonds. The number of thioether (sulfide) groups is 1. The van der Waals surface area contributed by atoms with Gasteiger partial charge in [0.15, 0.2) is 5.16 Å². The van der Waals surface area contributed by atoms with Gasteiger partial charge in [-0.05, 0) is 29.8 Å². The van der Waals surface area contributed by atoms with E-state index in [1.165, 1.54) is 23.1 Å². The van der Waals surface area contributed by atoms with Gasteiger partial charge in [0.25, 0.3) is 5.56 Å². The quantitative estimate of drug-likeness (QED) is 0.242. The summed E-state index contributed by atoms with van der Waals surface area (Å²) in [5, 5.41) is 5.99. The molecule has 5 aromatic rings. The third kappa shape index (κ3) is 5.18. The molecule has 0 unspecified atom stereocenters. The molecule has 0 aliphatic carbocycles. The first kappa shape index (κ1) is 23.0. The number of carbonyl (C=O) groups is 1. The summed E-state index contributed by atoms with van der Waals surface area (Å²) >= 11 is 2.70. The number of hydrogen-bond donors (Lipinski definition) is 1. The van der Waals surface area contributed by atoms with Crippen LogP contribution in [-0.4, -0.2) is 32.7 Å². The molecule has 35 heavy (non-hydrogen) atoms. The number of rotatable bonds is 8. The molecule has 6 nitrogen and oxygen atoms in total. The normalized spacial score (nSPS) is 11.0. The Hall–Kier alpha value is -3.75. The lowest BCUT2D eigenvalue weighted by atomic mass is 10.1. The van der Waals surface area contributed by atoms with Crippen LogP contribution in [0.3, 0.4) is 0 Å². The Morgan fingerprint density at radius 3 is 2.46 bits per heavy atom. The molecule has 0 radical (unpaired) electrons. The van der Waals surface area contributed by atoms with Crippen molar-refractivity contribution in [2.45, 2.75) is 11.6 Å². The van der Waals surface area contributed by atoms with Crippen LogP contribution in [0, 0.1) is 0 Å². The van der Waals surface area contributed by atoms with Crippen LogP contribution in [-0.2, 0) is 11.2 Å². The van der Waals surface area contributed by atoms with Crippen molar-refractivity contribution in [3.8, 4) is 16.8 Å². The number of hydrogen-bond acceptors (Lipinski definition) is 6. The second-order valence-corrected chi connectivity index (χ2v) is 9.58. The molecule has 3 aromatic heterocycles. The monoisotopic (exact) mass is 498 g/mol. The molecule has 0 spiro atoms. The van der Waals surface area contributed by atoms with E-state index >= 15 is 0 Å². The van der Waals surface area contributed by atoms with Crippen molar-refractivity contribution < 1.29 is 4.79 Å². The van der Waals surface area contributed by atoms with Gasteiger partial charge in [-0.2, -0.15) is 0 Å². The van der Waals surface area contributed by atoms with E-state index in [0.29, 0.717) is 28.3 Å². The highest BCUT2D eigenvalue weighted by atomic mass is 32.2. The van der Waals surface area contributed by atoms with E-state index < -0.39 is 0 Å². The maximum Gasteiger partial charge on any atom is 0.268 e. The third-order valence-electron chi connectivity index (χ3n) is 5.44. The minimum absolute atomic E-state index is 0.115. The largest absolute Gasteiger partial charge is 0.355 e. The highest BCUT2D eigenvalue weighted by molar-refractivity contribution is 7.99. The molecule has 8 heteroatoms. The van der Waals surface area contributed by atoms with Gasteiger partial charge in [0.1, 0.15) is 4.83 Å². The van der Waals surface area contributed by atoms with Gasteiger partial charge in [0.05, 0.1) is 16.8 Å². The van der Waals surface area contributed by atoms with Gasteiger partial charge in [0, 0.05) is 35.8 Å². The Balaban J connectivity index is 1.42. The number of benzene rings is 2. The minimum atomic E-state index is -0.139. The van der Waals surface area contributed by atoms with Gasteiger partial charge in [-0.25, -0.2) is 4.98 Å². The Labute approximate surface area is 210 Å². The lowest BCUT2D eigenvalue weighted by Gasteiger charge is -2.12. The van der Waals surface area contributed by atoms with Gasteiger partial charge in [0.2, 0.25) is 5.91 Å². The summed E-state index contributed by atoms with van der Waals surface area (Å²) < 4.78 is 1.60. The first-order chi connectivity index (χ1) is 17.2. The van der Waals surface area contributed by atoms with Crippen molar-refractivity contribution in [1.29, 1.82) is 0 Å². The van der Waals surface area contributed by atoms with Crippen molar-refractivity contribution in [3.63, 3.8) is 0 Å². The predicted molar refractivity (Wildman–Crippen MR) is 142 cm³/mol. The molecule has 1 N–H and O–H groups in total. The van der Waals surface area contributed by atoms with Gasteiger partial charge in [-0.1, -0.05) is 66.4 Å². The molecule has 0 atom stereocenters. The van der Waals surface area contributed by atoms with Crippen LogP contribution in [0.4, 0.5) is 0 Å². The highest BCUT2D eigenvalue weighted by Gasteiger charge is 2.19. The van der Waals surface area contributed by atoms with Gasteiger partial charge < -0.3 is 5.32 Å². The Morgan fingerprint density at radius 1 is 0.971 bits per heavy atom. The van der Waals surface area contributed by atoms with Crippen LogP contribution in [0.1, 0.15) is 5.69 Å². The van der Waals surface area contributed by atoms with Gasteiger partial charge >= 0.3 is 0 Å². The number of fused-ring (bicyclic) bond motifs is 1. The molecule has 0 aliphatic heterocycles. The highest BCUT2D eigenvalue weighted by Crippen LogP contribution is 2.32. The van der Waals surface area contributed by atoms with E-state index in [4.69, 9.17) is 4.98 Å². The minimum Gasteiger partial charge on any atom is -0.355 e. The molecule has 0 saturated heterocycles. The van der Waals surface area contributed by atoms with Crippen molar-refractivity contribution in [3.05, 3.63) is 106 Å². The Bertz CT molecular complexity index is 1500. The first-order valence-corrected chi connectivity index (χ1v) is 13.0. The first-order valence-electron chi connectivity index (χ1n) is 11.2. The molecular weight excluding hydrogens is 476 g/mol. The zero-order chi connectivity index (χ0) is 24.0. The summed E-state index contributed by atoms with van der Waals surface area (Å²) in [6, 6.07) is 25.0. The number of amides is 1. The van der Waals surface area contributed by atoms with E-state index in [2.05, 4.69) is 10.3 Å². The second-order valence-electron chi connectivity index (χ2n) is 7.78. The molecule has 0 aliphatic rings. The maximum atomic E-state index is 13.8. The molecular formula is C27H22N4O2S2. The Kier molecular flexibility index (Phi) is 7.02. The zero-order valence-corrected chi connectivity index (χ0v) is 20.4. The van der Waals surface area contributed by atoms with E-state index in [0.717, 1.165) is 22.5 Å². The predicted octanol–water partition coefficient (Wildman–Crippen LogP) is 4.96. The topological polar surface area (TPSA) is 76.9 Å². The summed E-state index contributed by atoms with van der Waals surface area (Å²) in [6.45, 7) is 0.500. The van der Waals surface area contributed by atoms with Crippen LogP contribution >= 0.6 is 23.1 Å². The summed E-state index contributed by atoms with van der Waals surface area (Å²) in [4.78, 5) is 36.1. The second kappa shape index (κ2) is 10.7. The standard InChI is InChI=1S/C27H22N4O2S2/c32-23(29-16-14-20-11-7-8-15-28-20)18-35-27-30-25-24(22(17-34-25)19-9-3-1-4-10-19)26(33)31(27)21-12-5-2-6-13-21/h1-13,15,17H,14,16,18H2,(H,29,32). The number of aromatic nitrogens is 3. The van der Waals surface area contributed by atoms with E-state index in [9.17, 15) is 9.59 Å². The summed E-state index contributed by atoms with van der Waals surface area (Å²) in [7, 11) is 0. The molecule has 2 aromatic carbocycles. The zero-order valence-electron chi connectivity index (χ0n) is 18.8. The fraction of sp³-hybridized carbons (Fsp3) is 0.111. The van der Waals surface area contributed by atoms with Crippen LogP contribution in [0.15, 0.2) is 100 Å². The van der Waals surface area contributed by atoms with E-state index in [-0.39, 0.29) is 17.2 Å². The lowest BCUT2D eigenvalue weighted by Crippen LogP contribution is -2.28. The smallest absolute Gasteiger partial charge is 0.268 e. The van der Waals surface area contributed by atoms with Gasteiger partial charge in [-0.15, -0.1) is 11.3 Å². The molecule has 0 fully saturated rings. The van der Waals surface area contributed by atoms with Crippen LogP contribution < -0.4 is 10.9 Å². The van der Waals surface area contributed by atoms with Crippen LogP contribution in [0.2, 0.25) is 0 Å². The van der Waals surface area contributed by atoms with E-state index in [1.807, 2.05) is 84.2 Å². The summed E-state index contributed by atoms with van der Waals surface area (Å²) in [6.07, 6.45) is 2.40. The lowest BCUT2D eigenvalue weighted by molar-refractivity contribution is -0.118. The fourth-order valence-corrected chi connectivity index (χ4v) is 5.59. The maximum absolute atomic E-state index is 13.8. The number of nitrogens with one attached hydrogen (secondary N) is 1. The van der Waals surface area contributed by atoms with Crippen molar-refractivity contribution in [2.24, 2.45) is 0 Å². The summed E-state index contributed by atoms with van der Waals surface area (Å²) in [5.74, 6) is 0.0419. The molecule has 3 heterocycles. The summed E-state index contributed by atoms with van der Waals surface area (Å²) in [5.41, 5.74) is 3.36. The number of pyridine rings is 1. The van der Waals surface area contributed by atoms with Crippen molar-refractivity contribution in [2.75, 3.05) is 12.3 Å². The number of thiophene rings is 1. The number of carbonyl (C=O) groups excluding carboxylic acids is 1. The SMILES string of the molecule is O=C(CSc1nc2scc(-c3ccccc3)c2c(=O)n1-c1ccccc1)NCCc1ccccn1. The number of para-hydroxylation sites is 1. The van der Waals surface area contributed by atoms with Gasteiger partial charge in [-0.3, -0.25) is 19.1 Å². The number of nitrogens with zero attached hydrogens (tertiary/aromatic N) is 3. The average molecular weight is 499 g/mol. The fourth-order valence-electron chi connectivity index (χ4n) is 3.76. The average Bonchev–Trinajstić information content (AvgIpc) is 3.34. The molecule has 0 bridgehead atoms. The van der Waals surface area contributed by atoms with Crippen molar-refractivity contribution >= 4 is 39.2 Å². The molecule has 174 valence electrons.